The molecule has 0 aromatic carbocycles. The van der Waals surface area contributed by atoms with Crippen LogP contribution < -0.4 is 5.73 Å². The Hall–Kier alpha value is -0.870. The third-order valence-corrected chi connectivity index (χ3v) is 5.89. The Morgan fingerprint density at radius 3 is 3.05 bits per heavy atom. The molecule has 0 spiro atoms. The topological polar surface area (TPSA) is 46.3 Å². The monoisotopic (exact) mass is 292 g/mol. The molecule has 0 saturated carbocycles. The zero-order chi connectivity index (χ0) is 14.1. The van der Waals surface area contributed by atoms with E-state index in [9.17, 15) is 4.79 Å². The molecule has 2 N–H and O–H groups in total. The van der Waals surface area contributed by atoms with Gasteiger partial charge in [-0.05, 0) is 50.0 Å². The quantitative estimate of drug-likeness (QED) is 0.911. The normalized spacial score (nSPS) is 26.4. The van der Waals surface area contributed by atoms with Crippen LogP contribution in [0.3, 0.4) is 0 Å². The fourth-order valence-electron chi connectivity index (χ4n) is 3.57. The SMILES string of the molecule is CC1CCN(C(=O)c2csc3c2CCCC3)C(CN)C1. The summed E-state index contributed by atoms with van der Waals surface area (Å²) in [7, 11) is 0. The van der Waals surface area contributed by atoms with Gasteiger partial charge in [0, 0.05) is 29.4 Å². The van der Waals surface area contributed by atoms with Crippen LogP contribution in [0.1, 0.15) is 53.4 Å². The van der Waals surface area contributed by atoms with E-state index in [0.29, 0.717) is 12.5 Å². The van der Waals surface area contributed by atoms with Crippen molar-refractivity contribution in [3.05, 3.63) is 21.4 Å². The van der Waals surface area contributed by atoms with Gasteiger partial charge in [0.2, 0.25) is 0 Å². The van der Waals surface area contributed by atoms with Gasteiger partial charge in [-0.1, -0.05) is 6.92 Å². The predicted molar refractivity (Wildman–Crippen MR) is 83.2 cm³/mol. The predicted octanol–water partition coefficient (Wildman–Crippen LogP) is 2.83. The molecule has 2 atom stereocenters. The van der Waals surface area contributed by atoms with Crippen molar-refractivity contribution >= 4 is 17.2 Å². The van der Waals surface area contributed by atoms with Gasteiger partial charge in [-0.2, -0.15) is 0 Å². The van der Waals surface area contributed by atoms with Crippen LogP contribution in [-0.2, 0) is 12.8 Å². The minimum atomic E-state index is 0.227. The minimum absolute atomic E-state index is 0.227. The lowest BCUT2D eigenvalue weighted by Gasteiger charge is -2.38. The molecule has 1 aliphatic carbocycles. The highest BCUT2D eigenvalue weighted by Gasteiger charge is 2.31. The van der Waals surface area contributed by atoms with Crippen molar-refractivity contribution in [2.45, 2.75) is 51.5 Å². The van der Waals surface area contributed by atoms with Crippen molar-refractivity contribution < 1.29 is 4.79 Å². The number of likely N-dealkylation sites (tertiary alicyclic amines) is 1. The molecule has 1 aromatic rings. The Kier molecular flexibility index (Phi) is 4.13. The van der Waals surface area contributed by atoms with Gasteiger partial charge in [0.1, 0.15) is 0 Å². The summed E-state index contributed by atoms with van der Waals surface area (Å²) in [5, 5.41) is 2.09. The number of fused-ring (bicyclic) bond motifs is 1. The maximum Gasteiger partial charge on any atom is 0.255 e. The summed E-state index contributed by atoms with van der Waals surface area (Å²) >= 11 is 1.77. The van der Waals surface area contributed by atoms with Crippen molar-refractivity contribution in [2.75, 3.05) is 13.1 Å². The molecule has 4 heteroatoms. The fraction of sp³-hybridized carbons (Fsp3) is 0.688. The van der Waals surface area contributed by atoms with Gasteiger partial charge in [0.25, 0.3) is 5.91 Å². The molecule has 3 rings (SSSR count). The zero-order valence-corrected chi connectivity index (χ0v) is 13.0. The maximum absolute atomic E-state index is 12.9. The first kappa shape index (κ1) is 14.1. The van der Waals surface area contributed by atoms with E-state index in [4.69, 9.17) is 5.73 Å². The summed E-state index contributed by atoms with van der Waals surface area (Å²) in [6.07, 6.45) is 6.89. The van der Waals surface area contributed by atoms with E-state index < -0.39 is 0 Å². The standard InChI is InChI=1S/C16H24N2OS/c1-11-6-7-18(12(8-11)9-17)16(19)14-10-20-15-5-3-2-4-13(14)15/h10-12H,2-9,17H2,1H3. The van der Waals surface area contributed by atoms with Crippen molar-refractivity contribution in [3.63, 3.8) is 0 Å². The van der Waals surface area contributed by atoms with Crippen molar-refractivity contribution in [1.29, 1.82) is 0 Å². The van der Waals surface area contributed by atoms with E-state index >= 15 is 0 Å². The third kappa shape index (κ3) is 2.51. The molecule has 0 bridgehead atoms. The van der Waals surface area contributed by atoms with E-state index in [-0.39, 0.29) is 11.9 Å². The average Bonchev–Trinajstić information content (AvgIpc) is 2.90. The number of carbonyl (C=O) groups excluding carboxylic acids is 1. The molecular weight excluding hydrogens is 268 g/mol. The second kappa shape index (κ2) is 5.86. The lowest BCUT2D eigenvalue weighted by atomic mass is 9.90. The first-order valence-corrected chi connectivity index (χ1v) is 8.69. The number of thiophene rings is 1. The number of aryl methyl sites for hydroxylation is 1. The summed E-state index contributed by atoms with van der Waals surface area (Å²) in [6.45, 7) is 3.71. The Bertz CT molecular complexity index is 497. The molecule has 1 amide bonds. The van der Waals surface area contributed by atoms with Crippen LogP contribution in [0.4, 0.5) is 0 Å². The third-order valence-electron chi connectivity index (χ3n) is 4.80. The number of nitrogens with zero attached hydrogens (tertiary/aromatic N) is 1. The lowest BCUT2D eigenvalue weighted by Crippen LogP contribution is -2.49. The second-order valence-electron chi connectivity index (χ2n) is 6.28. The highest BCUT2D eigenvalue weighted by molar-refractivity contribution is 7.10. The average molecular weight is 292 g/mol. The van der Waals surface area contributed by atoms with Gasteiger partial charge in [0.15, 0.2) is 0 Å². The summed E-state index contributed by atoms with van der Waals surface area (Å²) in [5.74, 6) is 0.913. The van der Waals surface area contributed by atoms with Crippen LogP contribution in [0.25, 0.3) is 0 Å². The molecule has 3 nitrogen and oxygen atoms in total. The largest absolute Gasteiger partial charge is 0.334 e. The summed E-state index contributed by atoms with van der Waals surface area (Å²) in [6, 6.07) is 0.227. The Labute approximate surface area is 125 Å². The Balaban J connectivity index is 1.83. The first-order chi connectivity index (χ1) is 9.70. The van der Waals surface area contributed by atoms with E-state index in [1.807, 2.05) is 4.90 Å². The molecule has 20 heavy (non-hydrogen) atoms. The van der Waals surface area contributed by atoms with E-state index in [1.54, 1.807) is 11.3 Å². The van der Waals surface area contributed by atoms with Gasteiger partial charge in [-0.15, -0.1) is 11.3 Å². The molecule has 1 aliphatic heterocycles. The number of hydrogen-bond acceptors (Lipinski definition) is 3. The molecule has 0 radical (unpaired) electrons. The van der Waals surface area contributed by atoms with E-state index in [2.05, 4.69) is 12.3 Å². The number of amides is 1. The molecule has 2 unspecified atom stereocenters. The van der Waals surface area contributed by atoms with Gasteiger partial charge in [0.05, 0.1) is 5.56 Å². The van der Waals surface area contributed by atoms with Gasteiger partial charge >= 0.3 is 0 Å². The fourth-order valence-corrected chi connectivity index (χ4v) is 4.69. The van der Waals surface area contributed by atoms with Crippen LogP contribution in [0.15, 0.2) is 5.38 Å². The van der Waals surface area contributed by atoms with Crippen molar-refractivity contribution in [2.24, 2.45) is 11.7 Å². The van der Waals surface area contributed by atoms with Crippen molar-refractivity contribution in [3.8, 4) is 0 Å². The number of carbonyl (C=O) groups is 1. The lowest BCUT2D eigenvalue weighted by molar-refractivity contribution is 0.0573. The maximum atomic E-state index is 12.9. The highest BCUT2D eigenvalue weighted by Crippen LogP contribution is 2.32. The molecule has 110 valence electrons. The number of hydrogen-bond donors (Lipinski definition) is 1. The van der Waals surface area contributed by atoms with E-state index in [0.717, 1.165) is 37.8 Å². The van der Waals surface area contributed by atoms with Crippen LogP contribution >= 0.6 is 11.3 Å². The smallest absolute Gasteiger partial charge is 0.255 e. The van der Waals surface area contributed by atoms with Crippen LogP contribution in [0.2, 0.25) is 0 Å². The molecular formula is C16H24N2OS. The minimum Gasteiger partial charge on any atom is -0.334 e. The summed E-state index contributed by atoms with van der Waals surface area (Å²) < 4.78 is 0. The van der Waals surface area contributed by atoms with Gasteiger partial charge in [-0.3, -0.25) is 4.79 Å². The highest BCUT2D eigenvalue weighted by atomic mass is 32.1. The Morgan fingerprint density at radius 1 is 1.45 bits per heavy atom. The molecule has 1 saturated heterocycles. The number of rotatable bonds is 2. The second-order valence-corrected chi connectivity index (χ2v) is 7.24. The summed E-state index contributed by atoms with van der Waals surface area (Å²) in [5.41, 5.74) is 8.20. The summed E-state index contributed by atoms with van der Waals surface area (Å²) in [4.78, 5) is 16.4. The van der Waals surface area contributed by atoms with Crippen LogP contribution in [-0.4, -0.2) is 29.9 Å². The van der Waals surface area contributed by atoms with Gasteiger partial charge in [-0.25, -0.2) is 0 Å². The van der Waals surface area contributed by atoms with Crippen molar-refractivity contribution in [1.82, 2.24) is 4.90 Å². The van der Waals surface area contributed by atoms with Gasteiger partial charge < -0.3 is 10.6 Å². The molecule has 1 fully saturated rings. The Morgan fingerprint density at radius 2 is 2.25 bits per heavy atom. The van der Waals surface area contributed by atoms with E-state index in [1.165, 1.54) is 23.3 Å². The zero-order valence-electron chi connectivity index (χ0n) is 12.2. The molecule has 2 aliphatic rings. The molecule has 2 heterocycles. The van der Waals surface area contributed by atoms with Crippen LogP contribution in [0, 0.1) is 5.92 Å². The molecule has 1 aromatic heterocycles. The number of piperidine rings is 1. The first-order valence-electron chi connectivity index (χ1n) is 7.81. The number of nitrogens with two attached hydrogens (primary N) is 1. The van der Waals surface area contributed by atoms with Crippen LogP contribution in [0.5, 0.6) is 0 Å².